The number of nitrogens with zero attached hydrogens (tertiary/aromatic N) is 1. The quantitative estimate of drug-likeness (QED) is 0.396. The Balaban J connectivity index is 2.44. The van der Waals surface area contributed by atoms with Crippen LogP contribution >= 0.6 is 0 Å². The van der Waals surface area contributed by atoms with Crippen molar-refractivity contribution < 1.29 is 9.47 Å². The topological polar surface area (TPSA) is 54.9 Å². The van der Waals surface area contributed by atoms with E-state index in [0.29, 0.717) is 6.61 Å². The Kier molecular flexibility index (Phi) is 10.1. The summed E-state index contributed by atoms with van der Waals surface area (Å²) < 4.78 is 10.7. The minimum atomic E-state index is 0.658. The first-order valence-corrected chi connectivity index (χ1v) is 7.89. The van der Waals surface area contributed by atoms with Gasteiger partial charge in [-0.2, -0.15) is 0 Å². The molecule has 124 valence electrons. The van der Waals surface area contributed by atoms with E-state index in [2.05, 4.69) is 40.7 Å². The average molecular weight is 307 g/mol. The molecule has 1 rings (SSSR count). The van der Waals surface area contributed by atoms with Gasteiger partial charge >= 0.3 is 0 Å². The summed E-state index contributed by atoms with van der Waals surface area (Å²) in [6.45, 7) is 5.90. The lowest BCUT2D eigenvalue weighted by Crippen LogP contribution is -2.37. The summed E-state index contributed by atoms with van der Waals surface area (Å²) in [6.07, 6.45) is 2.00. The van der Waals surface area contributed by atoms with Crippen LogP contribution in [0.1, 0.15) is 30.9 Å². The number of hydrogen-bond donors (Lipinski definition) is 2. The SMILES string of the molecule is CCCOCc1ccccc1CNC(=NC)NCCCOC. The number of ether oxygens (including phenoxy) is 2. The van der Waals surface area contributed by atoms with Crippen molar-refractivity contribution in [2.75, 3.05) is 33.9 Å². The Morgan fingerprint density at radius 3 is 2.59 bits per heavy atom. The Morgan fingerprint density at radius 2 is 1.91 bits per heavy atom. The summed E-state index contributed by atoms with van der Waals surface area (Å²) in [5.41, 5.74) is 2.46. The normalized spacial score (nSPS) is 11.5. The van der Waals surface area contributed by atoms with Crippen LogP contribution in [0.2, 0.25) is 0 Å². The molecule has 0 bridgehead atoms. The smallest absolute Gasteiger partial charge is 0.191 e. The van der Waals surface area contributed by atoms with Gasteiger partial charge in [0.15, 0.2) is 5.96 Å². The summed E-state index contributed by atoms with van der Waals surface area (Å²) in [5.74, 6) is 0.806. The maximum absolute atomic E-state index is 5.65. The van der Waals surface area contributed by atoms with Crippen LogP contribution in [0.5, 0.6) is 0 Å². The van der Waals surface area contributed by atoms with E-state index in [9.17, 15) is 0 Å². The van der Waals surface area contributed by atoms with Gasteiger partial charge in [-0.15, -0.1) is 0 Å². The van der Waals surface area contributed by atoms with E-state index in [1.54, 1.807) is 14.2 Å². The highest BCUT2D eigenvalue weighted by atomic mass is 16.5. The van der Waals surface area contributed by atoms with E-state index in [1.807, 2.05) is 6.07 Å². The first-order valence-electron chi connectivity index (χ1n) is 7.89. The lowest BCUT2D eigenvalue weighted by atomic mass is 10.1. The van der Waals surface area contributed by atoms with Crippen molar-refractivity contribution in [2.45, 2.75) is 32.9 Å². The van der Waals surface area contributed by atoms with Crippen molar-refractivity contribution in [1.82, 2.24) is 10.6 Å². The largest absolute Gasteiger partial charge is 0.385 e. The number of rotatable bonds is 10. The second-order valence-corrected chi connectivity index (χ2v) is 5.02. The molecule has 0 aromatic heterocycles. The fourth-order valence-corrected chi connectivity index (χ4v) is 2.02. The summed E-state index contributed by atoms with van der Waals surface area (Å²) >= 11 is 0. The zero-order chi connectivity index (χ0) is 16.0. The minimum Gasteiger partial charge on any atom is -0.385 e. The molecule has 0 aliphatic heterocycles. The maximum Gasteiger partial charge on any atom is 0.191 e. The van der Waals surface area contributed by atoms with Crippen molar-refractivity contribution in [3.05, 3.63) is 35.4 Å². The van der Waals surface area contributed by atoms with E-state index in [0.717, 1.165) is 45.1 Å². The zero-order valence-corrected chi connectivity index (χ0v) is 14.0. The van der Waals surface area contributed by atoms with E-state index in [-0.39, 0.29) is 0 Å². The van der Waals surface area contributed by atoms with Gasteiger partial charge in [-0.1, -0.05) is 31.2 Å². The molecule has 0 heterocycles. The predicted octanol–water partition coefficient (Wildman–Crippen LogP) is 2.31. The lowest BCUT2D eigenvalue weighted by molar-refractivity contribution is 0.121. The third-order valence-electron chi connectivity index (χ3n) is 3.21. The fourth-order valence-electron chi connectivity index (χ4n) is 2.02. The van der Waals surface area contributed by atoms with Crippen molar-refractivity contribution in [2.24, 2.45) is 4.99 Å². The van der Waals surface area contributed by atoms with Crippen molar-refractivity contribution in [3.8, 4) is 0 Å². The van der Waals surface area contributed by atoms with Crippen LogP contribution in [0.25, 0.3) is 0 Å². The molecule has 0 unspecified atom stereocenters. The number of benzene rings is 1. The highest BCUT2D eigenvalue weighted by molar-refractivity contribution is 5.79. The Hall–Kier alpha value is -1.59. The Morgan fingerprint density at radius 1 is 1.14 bits per heavy atom. The highest BCUT2D eigenvalue weighted by Crippen LogP contribution is 2.10. The van der Waals surface area contributed by atoms with Crippen LogP contribution in [0.15, 0.2) is 29.3 Å². The number of nitrogens with one attached hydrogen (secondary N) is 2. The summed E-state index contributed by atoms with van der Waals surface area (Å²) in [6, 6.07) is 8.33. The first-order chi connectivity index (χ1) is 10.8. The van der Waals surface area contributed by atoms with Gasteiger partial charge < -0.3 is 20.1 Å². The van der Waals surface area contributed by atoms with Crippen LogP contribution < -0.4 is 10.6 Å². The van der Waals surface area contributed by atoms with Gasteiger partial charge in [-0.05, 0) is 24.0 Å². The van der Waals surface area contributed by atoms with E-state index in [1.165, 1.54) is 11.1 Å². The maximum atomic E-state index is 5.65. The van der Waals surface area contributed by atoms with Crippen LogP contribution in [-0.4, -0.2) is 39.9 Å². The third kappa shape index (κ3) is 7.43. The summed E-state index contributed by atoms with van der Waals surface area (Å²) in [4.78, 5) is 4.23. The molecule has 0 spiro atoms. The molecule has 5 heteroatoms. The van der Waals surface area contributed by atoms with Crippen LogP contribution in [0.4, 0.5) is 0 Å². The number of hydrogen-bond acceptors (Lipinski definition) is 3. The van der Waals surface area contributed by atoms with E-state index >= 15 is 0 Å². The second kappa shape index (κ2) is 12.0. The number of guanidine groups is 1. The van der Waals surface area contributed by atoms with Crippen molar-refractivity contribution in [1.29, 1.82) is 0 Å². The molecule has 1 aromatic carbocycles. The fraction of sp³-hybridized carbons (Fsp3) is 0.588. The Bertz CT molecular complexity index is 436. The second-order valence-electron chi connectivity index (χ2n) is 5.02. The summed E-state index contributed by atoms with van der Waals surface area (Å²) in [7, 11) is 3.49. The van der Waals surface area contributed by atoms with Crippen LogP contribution in [0, 0.1) is 0 Å². The molecule has 1 aromatic rings. The molecule has 0 radical (unpaired) electrons. The molecule has 2 N–H and O–H groups in total. The molecule has 0 saturated heterocycles. The van der Waals surface area contributed by atoms with Crippen molar-refractivity contribution in [3.63, 3.8) is 0 Å². The highest BCUT2D eigenvalue weighted by Gasteiger charge is 2.03. The van der Waals surface area contributed by atoms with Crippen LogP contribution in [-0.2, 0) is 22.6 Å². The van der Waals surface area contributed by atoms with Gasteiger partial charge in [0, 0.05) is 40.5 Å². The lowest BCUT2D eigenvalue weighted by Gasteiger charge is -2.14. The molecule has 0 aliphatic rings. The predicted molar refractivity (Wildman–Crippen MR) is 91.1 cm³/mol. The molecule has 22 heavy (non-hydrogen) atoms. The molecule has 0 fully saturated rings. The molecular weight excluding hydrogens is 278 g/mol. The number of aliphatic imine (C=N–C) groups is 1. The summed E-state index contributed by atoms with van der Waals surface area (Å²) in [5, 5.41) is 6.61. The van der Waals surface area contributed by atoms with E-state index < -0.39 is 0 Å². The van der Waals surface area contributed by atoms with Crippen LogP contribution in [0.3, 0.4) is 0 Å². The molecule has 0 amide bonds. The molecular formula is C17H29N3O2. The molecule has 0 atom stereocenters. The molecule has 0 aliphatic carbocycles. The van der Waals surface area contributed by atoms with E-state index in [4.69, 9.17) is 9.47 Å². The molecule has 5 nitrogen and oxygen atoms in total. The Labute approximate surface area is 134 Å². The van der Waals surface area contributed by atoms with Gasteiger partial charge in [-0.25, -0.2) is 0 Å². The van der Waals surface area contributed by atoms with Gasteiger partial charge in [0.25, 0.3) is 0 Å². The van der Waals surface area contributed by atoms with Crippen molar-refractivity contribution >= 4 is 5.96 Å². The number of methoxy groups -OCH3 is 1. The van der Waals surface area contributed by atoms with Gasteiger partial charge in [0.05, 0.1) is 6.61 Å². The monoisotopic (exact) mass is 307 g/mol. The average Bonchev–Trinajstić information content (AvgIpc) is 2.55. The van der Waals surface area contributed by atoms with Gasteiger partial charge in [-0.3, -0.25) is 4.99 Å². The zero-order valence-electron chi connectivity index (χ0n) is 14.0. The van der Waals surface area contributed by atoms with Gasteiger partial charge in [0.1, 0.15) is 0 Å². The first kappa shape index (κ1) is 18.5. The van der Waals surface area contributed by atoms with Gasteiger partial charge in [0.2, 0.25) is 0 Å². The minimum absolute atomic E-state index is 0.658. The standard InChI is InChI=1S/C17H29N3O2/c1-4-11-22-14-16-9-6-5-8-15(16)13-20-17(18-2)19-10-7-12-21-3/h5-6,8-9H,4,7,10-14H2,1-3H3,(H2,18,19,20). The third-order valence-corrected chi connectivity index (χ3v) is 3.21. The molecule has 0 saturated carbocycles.